The molecule has 9 nitrogen and oxygen atoms in total. The molecule has 2 aliphatic heterocycles. The number of nitro benzene ring substituents is 1. The van der Waals surface area contributed by atoms with Crippen LogP contribution in [0, 0.1) is 33.8 Å². The maximum absolute atomic E-state index is 13.0. The number of carbonyl (C=O) groups is 3. The number of imide groups is 1. The summed E-state index contributed by atoms with van der Waals surface area (Å²) in [6, 6.07) is 4.54. The van der Waals surface area contributed by atoms with Gasteiger partial charge < -0.3 is 9.80 Å². The molecule has 3 amide bonds. The molecule has 1 aromatic rings. The molecule has 0 N–H and O–H groups in total. The van der Waals surface area contributed by atoms with Gasteiger partial charge in [0.25, 0.3) is 5.69 Å². The molecule has 0 unspecified atom stereocenters. The van der Waals surface area contributed by atoms with E-state index < -0.39 is 4.92 Å². The lowest BCUT2D eigenvalue weighted by Crippen LogP contribution is -2.45. The second kappa shape index (κ2) is 6.40. The van der Waals surface area contributed by atoms with E-state index in [-0.39, 0.29) is 46.9 Å². The third kappa shape index (κ3) is 2.56. The van der Waals surface area contributed by atoms with E-state index >= 15 is 0 Å². The smallest absolute Gasteiger partial charge is 0.294 e. The van der Waals surface area contributed by atoms with E-state index in [2.05, 4.69) is 0 Å². The van der Waals surface area contributed by atoms with Crippen molar-refractivity contribution in [1.29, 1.82) is 0 Å². The summed E-state index contributed by atoms with van der Waals surface area (Å²) in [4.78, 5) is 52.7. The van der Waals surface area contributed by atoms with Crippen molar-refractivity contribution in [3.05, 3.63) is 40.5 Å². The highest BCUT2D eigenvalue weighted by atomic mass is 16.6. The Balaban J connectivity index is 1.46. The van der Waals surface area contributed by atoms with Crippen LogP contribution in [-0.4, -0.2) is 54.2 Å². The minimum Gasteiger partial charge on any atom is -0.362 e. The molecule has 2 aliphatic carbocycles. The number of allylic oxidation sites excluding steroid dienone is 2. The molecule has 2 saturated heterocycles. The molecule has 29 heavy (non-hydrogen) atoms. The van der Waals surface area contributed by atoms with Crippen molar-refractivity contribution in [3.63, 3.8) is 0 Å². The van der Waals surface area contributed by atoms with Crippen LogP contribution in [0.15, 0.2) is 30.4 Å². The van der Waals surface area contributed by atoms with E-state index in [1.165, 1.54) is 6.07 Å². The van der Waals surface area contributed by atoms with Crippen LogP contribution < -0.4 is 9.80 Å². The number of rotatable bonds is 4. The van der Waals surface area contributed by atoms with Crippen molar-refractivity contribution in [2.24, 2.45) is 23.7 Å². The first-order chi connectivity index (χ1) is 14.0. The van der Waals surface area contributed by atoms with Gasteiger partial charge in [0.15, 0.2) is 0 Å². The number of amides is 3. The highest BCUT2D eigenvalue weighted by molar-refractivity contribution is 6.23. The van der Waals surface area contributed by atoms with Crippen molar-refractivity contribution >= 4 is 35.3 Å². The first-order valence-electron chi connectivity index (χ1n) is 9.78. The lowest BCUT2D eigenvalue weighted by atomic mass is 9.85. The second-order valence-electron chi connectivity index (χ2n) is 8.07. The maximum Gasteiger partial charge on any atom is 0.294 e. The van der Waals surface area contributed by atoms with Gasteiger partial charge in [0, 0.05) is 32.2 Å². The Bertz CT molecular complexity index is 922. The fourth-order valence-electron chi connectivity index (χ4n) is 5.29. The summed E-state index contributed by atoms with van der Waals surface area (Å²) in [7, 11) is 0. The Hall–Kier alpha value is -3.23. The quantitative estimate of drug-likeness (QED) is 0.249. The van der Waals surface area contributed by atoms with Gasteiger partial charge in [-0.15, -0.1) is 0 Å². The number of hydrogen-bond donors (Lipinski definition) is 0. The first kappa shape index (κ1) is 17.8. The topological polar surface area (TPSA) is 104 Å². The molecular weight excluding hydrogens is 376 g/mol. The zero-order chi connectivity index (χ0) is 20.3. The summed E-state index contributed by atoms with van der Waals surface area (Å²) in [6.45, 7) is 1.95. The first-order valence-corrected chi connectivity index (χ1v) is 9.78. The highest BCUT2D eigenvalue weighted by Crippen LogP contribution is 2.53. The summed E-state index contributed by atoms with van der Waals surface area (Å²) in [5.41, 5.74) is 0.557. The molecule has 1 aromatic carbocycles. The van der Waals surface area contributed by atoms with Gasteiger partial charge >= 0.3 is 0 Å². The summed E-state index contributed by atoms with van der Waals surface area (Å²) in [5, 5.41) is 11.7. The molecule has 0 aromatic heterocycles. The molecular formula is C20H20N4O5. The SMILES string of the molecule is O=CN1CCN(c2ccc(N3C(=O)[C@H]4[C@H](C3=O)[C@H]3C=C[C@H]4C3)cc2[N+](=O)[O-])CC1. The molecule has 3 fully saturated rings. The zero-order valence-corrected chi connectivity index (χ0v) is 15.6. The summed E-state index contributed by atoms with van der Waals surface area (Å²) >= 11 is 0. The third-order valence-corrected chi connectivity index (χ3v) is 6.69. The lowest BCUT2D eigenvalue weighted by Gasteiger charge is -2.34. The number of anilines is 2. The van der Waals surface area contributed by atoms with Gasteiger partial charge in [-0.1, -0.05) is 12.2 Å². The van der Waals surface area contributed by atoms with Crippen LogP contribution in [0.1, 0.15) is 6.42 Å². The summed E-state index contributed by atoms with van der Waals surface area (Å²) in [5.74, 6) is -0.998. The van der Waals surface area contributed by atoms with Crippen molar-refractivity contribution in [2.75, 3.05) is 36.0 Å². The molecule has 150 valence electrons. The summed E-state index contributed by atoms with van der Waals surface area (Å²) in [6.07, 6.45) is 5.65. The zero-order valence-electron chi connectivity index (χ0n) is 15.6. The highest BCUT2D eigenvalue weighted by Gasteiger charge is 2.59. The number of benzene rings is 1. The van der Waals surface area contributed by atoms with Crippen molar-refractivity contribution < 1.29 is 19.3 Å². The molecule has 2 bridgehead atoms. The van der Waals surface area contributed by atoms with Gasteiger partial charge in [0.2, 0.25) is 18.2 Å². The van der Waals surface area contributed by atoms with E-state index in [0.717, 1.165) is 17.7 Å². The normalized spacial score (nSPS) is 30.3. The van der Waals surface area contributed by atoms with Crippen molar-refractivity contribution in [3.8, 4) is 0 Å². The van der Waals surface area contributed by atoms with Gasteiger partial charge in [-0.25, -0.2) is 4.90 Å². The second-order valence-corrected chi connectivity index (χ2v) is 8.07. The van der Waals surface area contributed by atoms with Gasteiger partial charge in [-0.2, -0.15) is 0 Å². The molecule has 5 rings (SSSR count). The fourth-order valence-corrected chi connectivity index (χ4v) is 5.29. The lowest BCUT2D eigenvalue weighted by molar-refractivity contribution is -0.384. The Morgan fingerprint density at radius 3 is 2.17 bits per heavy atom. The molecule has 2 heterocycles. The van der Waals surface area contributed by atoms with Gasteiger partial charge in [0.1, 0.15) is 5.69 Å². The Kier molecular flexibility index (Phi) is 3.94. The van der Waals surface area contributed by atoms with E-state index in [1.807, 2.05) is 17.1 Å². The van der Waals surface area contributed by atoms with E-state index in [0.29, 0.717) is 31.9 Å². The monoisotopic (exact) mass is 396 g/mol. The molecule has 0 spiro atoms. The van der Waals surface area contributed by atoms with E-state index in [1.54, 1.807) is 17.0 Å². The summed E-state index contributed by atoms with van der Waals surface area (Å²) < 4.78 is 0. The van der Waals surface area contributed by atoms with Crippen LogP contribution in [0.3, 0.4) is 0 Å². The van der Waals surface area contributed by atoms with Gasteiger partial charge in [-0.3, -0.25) is 24.5 Å². The Labute approximate surface area is 166 Å². The number of fused-ring (bicyclic) bond motifs is 5. The van der Waals surface area contributed by atoms with E-state index in [9.17, 15) is 24.5 Å². The average Bonchev–Trinajstić information content (AvgIpc) is 3.41. The fraction of sp³-hybridized carbons (Fsp3) is 0.450. The molecule has 0 radical (unpaired) electrons. The van der Waals surface area contributed by atoms with Crippen LogP contribution in [-0.2, 0) is 14.4 Å². The standard InChI is InChI=1S/C20H20N4O5/c25-11-21-5-7-22(8-6-21)15-4-3-14(10-16(15)24(28)29)23-19(26)17-12-1-2-13(9-12)18(17)20(23)27/h1-4,10-13,17-18H,5-9H2/t12-,13-,17+,18+/m0/s1. The van der Waals surface area contributed by atoms with Crippen molar-refractivity contribution in [1.82, 2.24) is 4.90 Å². The average molecular weight is 396 g/mol. The predicted octanol–water partition coefficient (Wildman–Crippen LogP) is 1.18. The molecule has 1 saturated carbocycles. The molecule has 4 atom stereocenters. The minimum absolute atomic E-state index is 0.0924. The van der Waals surface area contributed by atoms with Gasteiger partial charge in [-0.05, 0) is 30.4 Å². The number of carbonyl (C=O) groups excluding carboxylic acids is 3. The third-order valence-electron chi connectivity index (χ3n) is 6.69. The largest absolute Gasteiger partial charge is 0.362 e. The predicted molar refractivity (Wildman–Crippen MR) is 103 cm³/mol. The minimum atomic E-state index is -0.484. The number of nitro groups is 1. The van der Waals surface area contributed by atoms with Crippen LogP contribution in [0.25, 0.3) is 0 Å². The maximum atomic E-state index is 13.0. The van der Waals surface area contributed by atoms with Crippen LogP contribution in [0.4, 0.5) is 17.1 Å². The Morgan fingerprint density at radius 1 is 1.00 bits per heavy atom. The van der Waals surface area contributed by atoms with Crippen LogP contribution in [0.5, 0.6) is 0 Å². The molecule has 9 heteroatoms. The number of hydrogen-bond acceptors (Lipinski definition) is 6. The van der Waals surface area contributed by atoms with E-state index in [4.69, 9.17) is 0 Å². The van der Waals surface area contributed by atoms with Crippen molar-refractivity contribution in [2.45, 2.75) is 6.42 Å². The Morgan fingerprint density at radius 2 is 1.62 bits per heavy atom. The number of piperazine rings is 1. The van der Waals surface area contributed by atoms with Crippen LogP contribution >= 0.6 is 0 Å². The number of nitrogens with zero attached hydrogens (tertiary/aromatic N) is 4. The molecule has 4 aliphatic rings. The van der Waals surface area contributed by atoms with Gasteiger partial charge in [0.05, 0.1) is 22.4 Å². The van der Waals surface area contributed by atoms with Crippen LogP contribution in [0.2, 0.25) is 0 Å².